The van der Waals surface area contributed by atoms with Gasteiger partial charge in [0.05, 0.1) is 0 Å². The molecule has 6 nitrogen and oxygen atoms in total. The average molecular weight is 349 g/mol. The van der Waals surface area contributed by atoms with E-state index in [0.29, 0.717) is 0 Å². The molecule has 0 bridgehead atoms. The first-order chi connectivity index (χ1) is 0. The van der Waals surface area contributed by atoms with Crippen LogP contribution in [0.1, 0.15) is 0 Å². The van der Waals surface area contributed by atoms with Gasteiger partial charge in [-0.3, -0.25) is 0 Å². The molecule has 0 spiro atoms. The van der Waals surface area contributed by atoms with Crippen molar-refractivity contribution in [2.45, 2.75) is 0 Å². The summed E-state index contributed by atoms with van der Waals surface area (Å²) in [6.07, 6.45) is 0. The zero-order valence-electron chi connectivity index (χ0n) is 3.89. The first kappa shape index (κ1) is 211. The average Bonchev–Trinajstić information content (AvgIpc) is 0. The number of hydrogen-bond donors (Lipinski definition) is 0. The molecular formula is H6CaO6Pb-4. The molecule has 0 saturated carbocycles. The predicted octanol–water partition coefficient (Wildman–Crippen LogP) is -1.82. The molecule has 0 aliphatic carbocycles. The maximum Gasteiger partial charge on any atom is 2.00 e. The number of rotatable bonds is 0. The molecule has 0 saturated heterocycles. The third-order valence-corrected chi connectivity index (χ3v) is 0. The SMILES string of the molecule is [Ca+2].[OH-].[OH-].[OH-].[OH-].[OH-].[OH-].[Pb]. The van der Waals surface area contributed by atoms with Gasteiger partial charge in [-0.25, -0.2) is 0 Å². The van der Waals surface area contributed by atoms with E-state index in [4.69, 9.17) is 0 Å². The summed E-state index contributed by atoms with van der Waals surface area (Å²) >= 11 is 0. The molecule has 52 valence electrons. The van der Waals surface area contributed by atoms with Gasteiger partial charge in [-0.05, 0) is 0 Å². The van der Waals surface area contributed by atoms with Gasteiger partial charge >= 0.3 is 37.7 Å². The normalized spacial score (nSPS) is 0. The van der Waals surface area contributed by atoms with Gasteiger partial charge in [0.15, 0.2) is 0 Å². The van der Waals surface area contributed by atoms with E-state index in [-0.39, 0.29) is 97.9 Å². The van der Waals surface area contributed by atoms with E-state index in [1.54, 1.807) is 0 Å². The summed E-state index contributed by atoms with van der Waals surface area (Å²) in [5, 5.41) is 0. The summed E-state index contributed by atoms with van der Waals surface area (Å²) in [5.74, 6) is 0. The van der Waals surface area contributed by atoms with Crippen LogP contribution in [0.25, 0.3) is 0 Å². The Hall–Kier alpha value is 1.94. The van der Waals surface area contributed by atoms with Crippen molar-refractivity contribution in [1.29, 1.82) is 0 Å². The Bertz CT molecular complexity index is 8.49. The monoisotopic (exact) mass is 350 g/mol. The summed E-state index contributed by atoms with van der Waals surface area (Å²) in [4.78, 5) is 0. The molecule has 0 aliphatic rings. The van der Waals surface area contributed by atoms with Crippen LogP contribution >= 0.6 is 0 Å². The standard InChI is InChI=1S/Ca.6H2O.Pb/h;6*1H2;/q+2;;;;;;;/p-6. The zero-order chi connectivity index (χ0) is 0. The maximum atomic E-state index is 0. The molecule has 0 aromatic rings. The van der Waals surface area contributed by atoms with Gasteiger partial charge in [-0.15, -0.1) is 0 Å². The van der Waals surface area contributed by atoms with Crippen molar-refractivity contribution in [3.63, 3.8) is 0 Å². The Morgan fingerprint density at radius 2 is 0.375 bits per heavy atom. The molecule has 0 heterocycles. The fourth-order valence-corrected chi connectivity index (χ4v) is 0. The van der Waals surface area contributed by atoms with E-state index in [1.165, 1.54) is 0 Å². The second-order valence-corrected chi connectivity index (χ2v) is 0. The Morgan fingerprint density at radius 1 is 0.375 bits per heavy atom. The minimum absolute atomic E-state index is 0. The van der Waals surface area contributed by atoms with Gasteiger partial charge in [0.2, 0.25) is 0 Å². The van der Waals surface area contributed by atoms with Crippen LogP contribution in [0.4, 0.5) is 0 Å². The third kappa shape index (κ3) is 101. The van der Waals surface area contributed by atoms with Crippen LogP contribution in [0, 0.1) is 0 Å². The fourth-order valence-electron chi connectivity index (χ4n) is 0. The molecule has 0 fully saturated rings. The Labute approximate surface area is 96.7 Å². The summed E-state index contributed by atoms with van der Waals surface area (Å²) in [7, 11) is 0. The topological polar surface area (TPSA) is 180 Å². The fraction of sp³-hybridized carbons (Fsp3) is 0. The Kier molecular flexibility index (Phi) is 3940. The Balaban J connectivity index is 0. The molecule has 0 atom stereocenters. The summed E-state index contributed by atoms with van der Waals surface area (Å²) < 4.78 is 0. The molecule has 0 unspecified atom stereocenters. The van der Waals surface area contributed by atoms with Crippen LogP contribution < -0.4 is 0 Å². The van der Waals surface area contributed by atoms with E-state index < -0.39 is 0 Å². The second kappa shape index (κ2) is 150. The van der Waals surface area contributed by atoms with Gasteiger partial charge in [0, 0.05) is 27.3 Å². The first-order valence-electron chi connectivity index (χ1n) is 0. The largest absolute Gasteiger partial charge is 2.00 e. The van der Waals surface area contributed by atoms with E-state index in [1.807, 2.05) is 0 Å². The summed E-state index contributed by atoms with van der Waals surface area (Å²) in [6, 6.07) is 0. The van der Waals surface area contributed by atoms with Crippen LogP contribution in [-0.4, -0.2) is 97.9 Å². The van der Waals surface area contributed by atoms with Crippen molar-refractivity contribution >= 4 is 65.0 Å². The van der Waals surface area contributed by atoms with Gasteiger partial charge in [0.1, 0.15) is 0 Å². The summed E-state index contributed by atoms with van der Waals surface area (Å²) in [5.41, 5.74) is 0. The van der Waals surface area contributed by atoms with Crippen LogP contribution in [0.2, 0.25) is 0 Å². The molecule has 8 heteroatoms. The van der Waals surface area contributed by atoms with Crippen molar-refractivity contribution in [1.82, 2.24) is 0 Å². The van der Waals surface area contributed by atoms with Gasteiger partial charge in [-0.2, -0.15) is 0 Å². The molecule has 0 aliphatic heterocycles. The van der Waals surface area contributed by atoms with Crippen molar-refractivity contribution in [2.75, 3.05) is 0 Å². The second-order valence-electron chi connectivity index (χ2n) is 0. The number of hydrogen-bond acceptors (Lipinski definition) is 6. The van der Waals surface area contributed by atoms with E-state index in [0.717, 1.165) is 0 Å². The van der Waals surface area contributed by atoms with Crippen molar-refractivity contribution in [3.05, 3.63) is 0 Å². The molecule has 0 rings (SSSR count). The Morgan fingerprint density at radius 3 is 0.375 bits per heavy atom. The quantitative estimate of drug-likeness (QED) is 0.464. The molecule has 6 N–H and O–H groups in total. The van der Waals surface area contributed by atoms with Crippen molar-refractivity contribution in [2.24, 2.45) is 0 Å². The van der Waals surface area contributed by atoms with Crippen LogP contribution in [0.15, 0.2) is 0 Å². The van der Waals surface area contributed by atoms with Gasteiger partial charge < -0.3 is 32.9 Å². The maximum absolute atomic E-state index is 0. The minimum atomic E-state index is 0. The molecule has 0 aromatic carbocycles. The zero-order valence-corrected chi connectivity index (χ0v) is 9.99. The molecule has 0 aromatic heterocycles. The predicted molar refractivity (Wildman–Crippen MR) is 23.1 cm³/mol. The molecule has 8 heavy (non-hydrogen) atoms. The van der Waals surface area contributed by atoms with Gasteiger partial charge in [0.25, 0.3) is 0 Å². The smallest absolute Gasteiger partial charge is 0.870 e. The van der Waals surface area contributed by atoms with E-state index >= 15 is 0 Å². The van der Waals surface area contributed by atoms with E-state index in [2.05, 4.69) is 0 Å². The van der Waals surface area contributed by atoms with Crippen LogP contribution in [0.5, 0.6) is 0 Å². The van der Waals surface area contributed by atoms with E-state index in [9.17, 15) is 0 Å². The minimum Gasteiger partial charge on any atom is -0.870 e. The first-order valence-corrected chi connectivity index (χ1v) is 0. The molecular weight excluding hydrogens is 343 g/mol. The molecule has 0 amide bonds. The van der Waals surface area contributed by atoms with Gasteiger partial charge in [-0.1, -0.05) is 0 Å². The van der Waals surface area contributed by atoms with Crippen LogP contribution in [0.3, 0.4) is 0 Å². The van der Waals surface area contributed by atoms with Crippen molar-refractivity contribution < 1.29 is 32.9 Å². The molecule has 4 radical (unpaired) electrons. The third-order valence-electron chi connectivity index (χ3n) is 0. The van der Waals surface area contributed by atoms with Crippen molar-refractivity contribution in [3.8, 4) is 0 Å². The van der Waals surface area contributed by atoms with Crippen LogP contribution in [-0.2, 0) is 0 Å². The summed E-state index contributed by atoms with van der Waals surface area (Å²) in [6.45, 7) is 0.